The van der Waals surface area contributed by atoms with Crippen LogP contribution in [0.15, 0.2) is 24.3 Å². The van der Waals surface area contributed by atoms with Crippen LogP contribution in [0.3, 0.4) is 0 Å². The van der Waals surface area contributed by atoms with Crippen LogP contribution >= 0.6 is 0 Å². The second-order valence-corrected chi connectivity index (χ2v) is 8.12. The Morgan fingerprint density at radius 2 is 2.00 bits per heavy atom. The van der Waals surface area contributed by atoms with Gasteiger partial charge < -0.3 is 5.32 Å². The van der Waals surface area contributed by atoms with Crippen molar-refractivity contribution in [2.75, 3.05) is 18.1 Å². The minimum Gasteiger partial charge on any atom is -0.356 e. The van der Waals surface area contributed by atoms with Crippen LogP contribution in [0, 0.1) is 12.8 Å². The molecule has 1 aromatic carbocycles. The third-order valence-corrected chi connectivity index (χ3v) is 5.80. The Hall–Kier alpha value is -1.36. The molecule has 0 radical (unpaired) electrons. The summed E-state index contributed by atoms with van der Waals surface area (Å²) in [6, 6.07) is 8.19. The van der Waals surface area contributed by atoms with Gasteiger partial charge in [-0.3, -0.25) is 4.79 Å². The number of carbonyl (C=O) groups excluding carboxylic acids is 1. The molecule has 0 saturated carbocycles. The molecule has 116 valence electrons. The molecule has 1 saturated heterocycles. The van der Waals surface area contributed by atoms with E-state index in [1.807, 2.05) is 31.2 Å². The minimum absolute atomic E-state index is 0.0384. The van der Waals surface area contributed by atoms with Crippen molar-refractivity contribution in [3.63, 3.8) is 0 Å². The van der Waals surface area contributed by atoms with Crippen LogP contribution in [-0.4, -0.2) is 32.4 Å². The van der Waals surface area contributed by atoms with Gasteiger partial charge >= 0.3 is 0 Å². The zero-order valence-electron chi connectivity index (χ0n) is 12.5. The van der Waals surface area contributed by atoms with Crippen molar-refractivity contribution < 1.29 is 13.2 Å². The predicted molar refractivity (Wildman–Crippen MR) is 83.9 cm³/mol. The minimum atomic E-state index is -2.81. The second-order valence-electron chi connectivity index (χ2n) is 5.89. The molecule has 0 bridgehead atoms. The van der Waals surface area contributed by atoms with E-state index in [-0.39, 0.29) is 17.6 Å². The highest BCUT2D eigenvalue weighted by Crippen LogP contribution is 2.20. The van der Waals surface area contributed by atoms with Gasteiger partial charge in [0.2, 0.25) is 5.91 Å². The average molecular weight is 309 g/mol. The first kappa shape index (κ1) is 16.0. The zero-order chi connectivity index (χ0) is 15.3. The second kappa shape index (κ2) is 7.07. The zero-order valence-corrected chi connectivity index (χ0v) is 13.3. The van der Waals surface area contributed by atoms with Crippen molar-refractivity contribution in [1.82, 2.24) is 5.32 Å². The molecule has 1 aliphatic rings. The van der Waals surface area contributed by atoms with Crippen molar-refractivity contribution in [2.24, 2.45) is 5.92 Å². The molecule has 0 spiro atoms. The predicted octanol–water partition coefficient (Wildman–Crippen LogP) is 1.87. The van der Waals surface area contributed by atoms with Crippen molar-refractivity contribution >= 4 is 15.7 Å². The topological polar surface area (TPSA) is 63.2 Å². The van der Waals surface area contributed by atoms with Crippen molar-refractivity contribution in [3.05, 3.63) is 35.4 Å². The molecular formula is C16H23NO3S. The highest BCUT2D eigenvalue weighted by atomic mass is 32.2. The van der Waals surface area contributed by atoms with E-state index in [9.17, 15) is 13.2 Å². The first-order chi connectivity index (χ1) is 9.94. The van der Waals surface area contributed by atoms with Gasteiger partial charge in [-0.25, -0.2) is 8.42 Å². The maximum Gasteiger partial charge on any atom is 0.220 e. The number of rotatable bonds is 6. The van der Waals surface area contributed by atoms with Crippen molar-refractivity contribution in [1.29, 1.82) is 0 Å². The molecule has 1 fully saturated rings. The molecule has 5 heteroatoms. The Labute approximate surface area is 126 Å². The summed E-state index contributed by atoms with van der Waals surface area (Å²) < 4.78 is 22.7. The highest BCUT2D eigenvalue weighted by Gasteiger charge is 2.27. The third-order valence-electron chi connectivity index (χ3n) is 3.96. The number of aryl methyl sites for hydroxylation is 2. The highest BCUT2D eigenvalue weighted by molar-refractivity contribution is 7.91. The molecule has 1 aliphatic heterocycles. The SMILES string of the molecule is Cc1ccc(CCC(=O)NCCC2CCS(=O)(=O)C2)cc1. The van der Waals surface area contributed by atoms with E-state index in [1.165, 1.54) is 5.56 Å². The molecule has 1 aromatic rings. The quantitative estimate of drug-likeness (QED) is 0.872. The Bertz CT molecular complexity index is 578. The van der Waals surface area contributed by atoms with Gasteiger partial charge in [0, 0.05) is 13.0 Å². The van der Waals surface area contributed by atoms with Gasteiger partial charge in [-0.1, -0.05) is 29.8 Å². The van der Waals surface area contributed by atoms with Crippen molar-refractivity contribution in [2.45, 2.75) is 32.6 Å². The van der Waals surface area contributed by atoms with E-state index < -0.39 is 9.84 Å². The lowest BCUT2D eigenvalue weighted by atomic mass is 10.1. The summed E-state index contributed by atoms with van der Waals surface area (Å²) in [7, 11) is -2.81. The lowest BCUT2D eigenvalue weighted by Gasteiger charge is -2.09. The Morgan fingerprint density at radius 3 is 2.62 bits per heavy atom. The molecule has 1 unspecified atom stereocenters. The normalized spacial score (nSPS) is 20.3. The summed E-state index contributed by atoms with van der Waals surface area (Å²) in [5.41, 5.74) is 2.38. The van der Waals surface area contributed by atoms with E-state index in [0.29, 0.717) is 18.7 Å². The van der Waals surface area contributed by atoms with E-state index in [2.05, 4.69) is 5.32 Å². The van der Waals surface area contributed by atoms with Gasteiger partial charge in [-0.15, -0.1) is 0 Å². The van der Waals surface area contributed by atoms with Gasteiger partial charge in [0.05, 0.1) is 11.5 Å². The molecule has 4 nitrogen and oxygen atoms in total. The maximum absolute atomic E-state index is 11.8. The van der Waals surface area contributed by atoms with Crippen LogP contribution in [0.5, 0.6) is 0 Å². The summed E-state index contributed by atoms with van der Waals surface area (Å²) in [6.45, 7) is 2.62. The number of amides is 1. The lowest BCUT2D eigenvalue weighted by molar-refractivity contribution is -0.121. The summed E-state index contributed by atoms with van der Waals surface area (Å²) in [4.78, 5) is 11.8. The van der Waals surface area contributed by atoms with Crippen molar-refractivity contribution in [3.8, 4) is 0 Å². The molecular weight excluding hydrogens is 286 g/mol. The summed E-state index contributed by atoms with van der Waals surface area (Å²) in [5.74, 6) is 0.842. The molecule has 1 atom stereocenters. The van der Waals surface area contributed by atoms with Gasteiger partial charge in [0.1, 0.15) is 0 Å². The average Bonchev–Trinajstić information content (AvgIpc) is 2.78. The number of carbonyl (C=O) groups is 1. The van der Waals surface area contributed by atoms with Crippen LogP contribution in [0.2, 0.25) is 0 Å². The van der Waals surface area contributed by atoms with E-state index in [4.69, 9.17) is 0 Å². The molecule has 0 aliphatic carbocycles. The van der Waals surface area contributed by atoms with Gasteiger partial charge in [-0.2, -0.15) is 0 Å². The van der Waals surface area contributed by atoms with Crippen LogP contribution in [0.4, 0.5) is 0 Å². The van der Waals surface area contributed by atoms with Crippen LogP contribution in [0.25, 0.3) is 0 Å². The molecule has 1 heterocycles. The number of hydrogen-bond donors (Lipinski definition) is 1. The molecule has 1 N–H and O–H groups in total. The van der Waals surface area contributed by atoms with E-state index in [1.54, 1.807) is 0 Å². The van der Waals surface area contributed by atoms with Gasteiger partial charge in [0.25, 0.3) is 0 Å². The molecule has 2 rings (SSSR count). The van der Waals surface area contributed by atoms with Gasteiger partial charge in [-0.05, 0) is 37.7 Å². The molecule has 0 aromatic heterocycles. The maximum atomic E-state index is 11.8. The Kier molecular flexibility index (Phi) is 5.39. The van der Waals surface area contributed by atoms with Gasteiger partial charge in [0.15, 0.2) is 9.84 Å². The number of hydrogen-bond acceptors (Lipinski definition) is 3. The molecule has 1 amide bonds. The van der Waals surface area contributed by atoms with E-state index >= 15 is 0 Å². The third kappa shape index (κ3) is 5.50. The fourth-order valence-corrected chi connectivity index (χ4v) is 4.53. The summed E-state index contributed by atoms with van der Waals surface area (Å²) in [6.07, 6.45) is 2.72. The number of sulfone groups is 1. The molecule has 21 heavy (non-hydrogen) atoms. The Balaban J connectivity index is 1.63. The monoisotopic (exact) mass is 309 g/mol. The van der Waals surface area contributed by atoms with Crippen LogP contribution in [0.1, 0.15) is 30.4 Å². The van der Waals surface area contributed by atoms with E-state index in [0.717, 1.165) is 24.8 Å². The fourth-order valence-electron chi connectivity index (χ4n) is 2.62. The number of nitrogens with one attached hydrogen (secondary N) is 1. The van der Waals surface area contributed by atoms with Crippen LogP contribution in [-0.2, 0) is 21.1 Å². The smallest absolute Gasteiger partial charge is 0.220 e. The van der Waals surface area contributed by atoms with Crippen LogP contribution < -0.4 is 5.32 Å². The largest absolute Gasteiger partial charge is 0.356 e. The number of benzene rings is 1. The standard InChI is InChI=1S/C16H23NO3S/c1-13-2-4-14(5-3-13)6-7-16(18)17-10-8-15-9-11-21(19,20)12-15/h2-5,15H,6-12H2,1H3,(H,17,18). The summed E-state index contributed by atoms with van der Waals surface area (Å²) in [5, 5.41) is 2.88. The first-order valence-corrected chi connectivity index (χ1v) is 9.29. The lowest BCUT2D eigenvalue weighted by Crippen LogP contribution is -2.26. The Morgan fingerprint density at radius 1 is 1.29 bits per heavy atom. The summed E-state index contributed by atoms with van der Waals surface area (Å²) >= 11 is 0. The first-order valence-electron chi connectivity index (χ1n) is 7.47. The fraction of sp³-hybridized carbons (Fsp3) is 0.562.